The Hall–Kier alpha value is -1.03. The topological polar surface area (TPSA) is 44.5 Å². The normalized spacial score (nSPS) is 13.7. The van der Waals surface area contributed by atoms with Crippen molar-refractivity contribution in [1.82, 2.24) is 0 Å². The van der Waals surface area contributed by atoms with E-state index in [2.05, 4.69) is 0 Å². The second-order valence-corrected chi connectivity index (χ2v) is 7.80. The summed E-state index contributed by atoms with van der Waals surface area (Å²) in [6, 6.07) is 0.167. The third kappa shape index (κ3) is 2.46. The quantitative estimate of drug-likeness (QED) is 0.393. The van der Waals surface area contributed by atoms with Gasteiger partial charge in [0.25, 0.3) is 0 Å². The molecule has 2 N–H and O–H groups in total. The lowest BCUT2D eigenvalue weighted by atomic mass is 10.1. The molecule has 114 valence electrons. The second-order valence-electron chi connectivity index (χ2n) is 4.03. The zero-order valence-corrected chi connectivity index (χ0v) is 12.1. The molecule has 0 aliphatic heterocycles. The minimum atomic E-state index is -3.35. The third-order valence-electron chi connectivity index (χ3n) is 3.21. The van der Waals surface area contributed by atoms with Gasteiger partial charge in [-0.15, -0.1) is 0 Å². The van der Waals surface area contributed by atoms with E-state index in [4.69, 9.17) is 14.6 Å². The number of nitrogens with two attached hydrogens (primary N) is 1. The molecular weight excluding hydrogens is 301 g/mol. The first-order valence-electron chi connectivity index (χ1n) is 5.64. The summed E-state index contributed by atoms with van der Waals surface area (Å²) < 4.78 is 76.9. The molecule has 0 radical (unpaired) electrons. The van der Waals surface area contributed by atoms with Crippen LogP contribution in [0.1, 0.15) is 18.2 Å². The Morgan fingerprint density at radius 1 is 0.900 bits per heavy atom. The molecule has 0 saturated heterocycles. The lowest BCUT2D eigenvalue weighted by Crippen LogP contribution is -2.51. The molecule has 3 nitrogen and oxygen atoms in total. The van der Waals surface area contributed by atoms with Gasteiger partial charge in [-0.25, -0.2) is 22.0 Å². The first kappa shape index (κ1) is 17.0. The molecule has 1 aromatic carbocycles. The molecule has 0 bridgehead atoms. The lowest BCUT2D eigenvalue weighted by molar-refractivity contribution is 0.228. The van der Waals surface area contributed by atoms with Gasteiger partial charge < -0.3 is 14.6 Å². The Balaban J connectivity index is 3.55. The van der Waals surface area contributed by atoms with Crippen LogP contribution in [0.3, 0.4) is 0 Å². The van der Waals surface area contributed by atoms with E-state index < -0.39 is 48.9 Å². The van der Waals surface area contributed by atoms with Crippen LogP contribution in [0.5, 0.6) is 0 Å². The van der Waals surface area contributed by atoms with Crippen LogP contribution < -0.4 is 5.73 Å². The molecule has 1 rings (SSSR count). The molecule has 1 unspecified atom stereocenters. The van der Waals surface area contributed by atoms with Crippen molar-refractivity contribution in [2.45, 2.75) is 18.6 Å². The van der Waals surface area contributed by atoms with E-state index in [1.165, 1.54) is 14.2 Å². The van der Waals surface area contributed by atoms with Gasteiger partial charge in [-0.3, -0.25) is 0 Å². The minimum absolute atomic E-state index is 0.167. The summed E-state index contributed by atoms with van der Waals surface area (Å²) in [5.41, 5.74) is 3.00. The molecular formula is C11H14F5NO2Si. The van der Waals surface area contributed by atoms with Crippen molar-refractivity contribution in [2.75, 3.05) is 14.2 Å². The summed E-state index contributed by atoms with van der Waals surface area (Å²) in [6.07, 6.45) is 0. The molecule has 9 heteroatoms. The van der Waals surface area contributed by atoms with Crippen molar-refractivity contribution in [3.63, 3.8) is 0 Å². The van der Waals surface area contributed by atoms with E-state index >= 15 is 0 Å². The molecule has 20 heavy (non-hydrogen) atoms. The summed E-state index contributed by atoms with van der Waals surface area (Å²) >= 11 is 0. The van der Waals surface area contributed by atoms with Crippen molar-refractivity contribution in [1.29, 1.82) is 0 Å². The molecule has 0 aliphatic rings. The Morgan fingerprint density at radius 2 is 1.25 bits per heavy atom. The fourth-order valence-electron chi connectivity index (χ4n) is 1.96. The predicted molar refractivity (Wildman–Crippen MR) is 63.4 cm³/mol. The van der Waals surface area contributed by atoms with Crippen LogP contribution >= 0.6 is 0 Å². The highest BCUT2D eigenvalue weighted by molar-refractivity contribution is 6.68. The zero-order valence-electron chi connectivity index (χ0n) is 11.1. The van der Waals surface area contributed by atoms with Crippen LogP contribution in [0.15, 0.2) is 0 Å². The van der Waals surface area contributed by atoms with Gasteiger partial charge in [0, 0.05) is 19.8 Å². The summed E-state index contributed by atoms with van der Waals surface area (Å²) in [6.45, 7) is 1.59. The standard InChI is InChI=1S/C11H14F5NO2Si/c1-4-20(18-2,19-3)11(17)5-6(12)8(14)10(16)9(15)7(5)13/h11H,4,17H2,1-3H3. The summed E-state index contributed by atoms with van der Waals surface area (Å²) in [5, 5.41) is 0. The van der Waals surface area contributed by atoms with E-state index in [0.717, 1.165) is 0 Å². The van der Waals surface area contributed by atoms with Crippen molar-refractivity contribution >= 4 is 8.56 Å². The van der Waals surface area contributed by atoms with Gasteiger partial charge in [-0.2, -0.15) is 0 Å². The maximum atomic E-state index is 13.7. The van der Waals surface area contributed by atoms with Crippen LogP contribution in [0, 0.1) is 29.1 Å². The molecule has 1 aromatic rings. The van der Waals surface area contributed by atoms with Gasteiger partial charge in [0.05, 0.1) is 5.67 Å². The number of benzene rings is 1. The number of halogens is 5. The van der Waals surface area contributed by atoms with Gasteiger partial charge in [-0.05, 0) is 6.04 Å². The first-order chi connectivity index (χ1) is 9.27. The Bertz CT molecular complexity index is 473. The van der Waals surface area contributed by atoms with Crippen LogP contribution in [0.4, 0.5) is 22.0 Å². The number of hydrogen-bond donors (Lipinski definition) is 1. The average molecular weight is 315 g/mol. The number of hydrogen-bond acceptors (Lipinski definition) is 3. The largest absolute Gasteiger partial charge is 0.397 e. The van der Waals surface area contributed by atoms with Crippen LogP contribution in [0.2, 0.25) is 6.04 Å². The molecule has 0 spiro atoms. The SMILES string of the molecule is CC[Si](OC)(OC)C(N)c1c(F)c(F)c(F)c(F)c1F. The highest BCUT2D eigenvalue weighted by atomic mass is 28.4. The van der Waals surface area contributed by atoms with Crippen molar-refractivity contribution in [2.24, 2.45) is 5.73 Å². The van der Waals surface area contributed by atoms with Crippen molar-refractivity contribution < 1.29 is 30.8 Å². The third-order valence-corrected chi connectivity index (χ3v) is 6.82. The Morgan fingerprint density at radius 3 is 1.55 bits per heavy atom. The molecule has 0 saturated carbocycles. The fourth-order valence-corrected chi connectivity index (χ4v) is 4.35. The monoisotopic (exact) mass is 315 g/mol. The second kappa shape index (κ2) is 6.16. The molecule has 1 atom stereocenters. The van der Waals surface area contributed by atoms with Crippen molar-refractivity contribution in [3.05, 3.63) is 34.6 Å². The smallest absolute Gasteiger partial charge is 0.359 e. The first-order valence-corrected chi connectivity index (χ1v) is 7.74. The molecule has 0 heterocycles. The highest BCUT2D eigenvalue weighted by Gasteiger charge is 2.46. The maximum absolute atomic E-state index is 13.7. The molecule has 0 aromatic heterocycles. The van der Waals surface area contributed by atoms with E-state index in [1.807, 2.05) is 0 Å². The average Bonchev–Trinajstić information content (AvgIpc) is 2.46. The molecule has 0 aliphatic carbocycles. The van der Waals surface area contributed by atoms with Gasteiger partial charge in [0.15, 0.2) is 23.3 Å². The Labute approximate surface area is 113 Å². The van der Waals surface area contributed by atoms with Gasteiger partial charge in [-0.1, -0.05) is 6.92 Å². The van der Waals surface area contributed by atoms with E-state index in [-0.39, 0.29) is 6.04 Å². The lowest BCUT2D eigenvalue weighted by Gasteiger charge is -2.32. The van der Waals surface area contributed by atoms with Crippen molar-refractivity contribution in [3.8, 4) is 0 Å². The zero-order chi connectivity index (χ0) is 15.7. The maximum Gasteiger partial charge on any atom is 0.359 e. The summed E-state index contributed by atoms with van der Waals surface area (Å²) in [7, 11) is -0.919. The summed E-state index contributed by atoms with van der Waals surface area (Å²) in [4.78, 5) is 0. The van der Waals surface area contributed by atoms with E-state index in [0.29, 0.717) is 0 Å². The van der Waals surface area contributed by atoms with Gasteiger partial charge in [0.2, 0.25) is 5.82 Å². The molecule has 0 fully saturated rings. The predicted octanol–water partition coefficient (Wildman–Crippen LogP) is 2.68. The minimum Gasteiger partial charge on any atom is -0.397 e. The van der Waals surface area contributed by atoms with Crippen LogP contribution in [-0.4, -0.2) is 22.8 Å². The number of rotatable bonds is 5. The van der Waals surface area contributed by atoms with Crippen LogP contribution in [0.25, 0.3) is 0 Å². The van der Waals surface area contributed by atoms with E-state index in [1.54, 1.807) is 6.92 Å². The van der Waals surface area contributed by atoms with Gasteiger partial charge in [0.1, 0.15) is 0 Å². The summed E-state index contributed by atoms with van der Waals surface area (Å²) in [5.74, 6) is -10.2. The molecule has 0 amide bonds. The van der Waals surface area contributed by atoms with E-state index in [9.17, 15) is 22.0 Å². The van der Waals surface area contributed by atoms with Gasteiger partial charge >= 0.3 is 8.56 Å². The highest BCUT2D eigenvalue weighted by Crippen LogP contribution is 2.33. The Kier molecular flexibility index (Phi) is 5.25. The fraction of sp³-hybridized carbons (Fsp3) is 0.455. The van der Waals surface area contributed by atoms with Crippen LogP contribution in [-0.2, 0) is 8.85 Å².